The maximum Gasteiger partial charge on any atom is 0.249 e. The first-order valence-electron chi connectivity index (χ1n) is 10.5. The zero-order valence-electron chi connectivity index (χ0n) is 18.3. The van der Waals surface area contributed by atoms with Crippen LogP contribution in [0, 0.1) is 12.8 Å². The Kier molecular flexibility index (Phi) is 6.02. The molecular weight excluding hydrogens is 402 g/mol. The number of hydrogen-bond donors (Lipinski definition) is 2. The Bertz CT molecular complexity index is 1260. The summed E-state index contributed by atoms with van der Waals surface area (Å²) in [6.07, 6.45) is 6.68. The number of nitrogens with two attached hydrogens (primary N) is 1. The largest absolute Gasteiger partial charge is 0.370 e. The summed E-state index contributed by atoms with van der Waals surface area (Å²) in [5.41, 5.74) is 9.53. The Morgan fingerprint density at radius 3 is 2.59 bits per heavy atom. The lowest BCUT2D eigenvalue weighted by Gasteiger charge is -2.22. The van der Waals surface area contributed by atoms with Crippen molar-refractivity contribution in [1.82, 2.24) is 24.9 Å². The molecule has 8 nitrogen and oxygen atoms in total. The van der Waals surface area contributed by atoms with Gasteiger partial charge in [-0.05, 0) is 30.4 Å². The molecule has 2 atom stereocenters. The van der Waals surface area contributed by atoms with E-state index in [9.17, 15) is 4.79 Å². The number of primary amides is 1. The molecule has 32 heavy (non-hydrogen) atoms. The van der Waals surface area contributed by atoms with Crippen LogP contribution in [0.15, 0.2) is 55.2 Å². The second-order valence-electron chi connectivity index (χ2n) is 7.92. The number of benzene rings is 1. The van der Waals surface area contributed by atoms with Crippen LogP contribution in [0.4, 0.5) is 5.82 Å². The zero-order chi connectivity index (χ0) is 22.7. The molecule has 0 spiro atoms. The van der Waals surface area contributed by atoms with Gasteiger partial charge in [0.1, 0.15) is 18.0 Å². The molecule has 0 fully saturated rings. The number of amides is 1. The molecule has 3 N–H and O–H groups in total. The average molecular weight is 428 g/mol. The minimum absolute atomic E-state index is 0.189. The first kappa shape index (κ1) is 21.3. The molecule has 3 aromatic heterocycles. The van der Waals surface area contributed by atoms with Crippen LogP contribution in [-0.4, -0.2) is 37.4 Å². The van der Waals surface area contributed by atoms with E-state index in [0.29, 0.717) is 12.1 Å². The van der Waals surface area contributed by atoms with E-state index in [1.54, 1.807) is 24.7 Å². The van der Waals surface area contributed by atoms with Crippen LogP contribution in [0.3, 0.4) is 0 Å². The maximum absolute atomic E-state index is 11.8. The van der Waals surface area contributed by atoms with Gasteiger partial charge in [0.25, 0.3) is 0 Å². The number of rotatable bonds is 7. The maximum atomic E-state index is 11.8. The summed E-state index contributed by atoms with van der Waals surface area (Å²) in [7, 11) is 0. The van der Waals surface area contributed by atoms with E-state index in [1.807, 2.05) is 25.1 Å². The van der Waals surface area contributed by atoms with E-state index in [-0.39, 0.29) is 11.8 Å². The van der Waals surface area contributed by atoms with Gasteiger partial charge in [-0.3, -0.25) is 9.78 Å². The summed E-state index contributed by atoms with van der Waals surface area (Å²) in [5.74, 6) is 1.46. The molecule has 3 heterocycles. The number of fused-ring (bicyclic) bond motifs is 1. The molecule has 8 heteroatoms. The predicted octanol–water partition coefficient (Wildman–Crippen LogP) is 3.74. The van der Waals surface area contributed by atoms with Crippen molar-refractivity contribution >= 4 is 22.6 Å². The Morgan fingerprint density at radius 1 is 1.06 bits per heavy atom. The molecule has 4 rings (SSSR count). The van der Waals surface area contributed by atoms with Crippen molar-refractivity contribution in [2.45, 2.75) is 26.7 Å². The van der Waals surface area contributed by atoms with Crippen LogP contribution in [0.1, 0.15) is 41.5 Å². The summed E-state index contributed by atoms with van der Waals surface area (Å²) in [5, 5.41) is 4.19. The van der Waals surface area contributed by atoms with E-state index < -0.39 is 5.91 Å². The van der Waals surface area contributed by atoms with Gasteiger partial charge in [-0.1, -0.05) is 32.0 Å². The molecule has 0 saturated carbocycles. The van der Waals surface area contributed by atoms with E-state index in [1.165, 1.54) is 6.33 Å². The predicted molar refractivity (Wildman–Crippen MR) is 124 cm³/mol. The number of anilines is 1. The summed E-state index contributed by atoms with van der Waals surface area (Å²) in [4.78, 5) is 33.5. The Balaban J connectivity index is 1.51. The van der Waals surface area contributed by atoms with Gasteiger partial charge in [0.15, 0.2) is 0 Å². The van der Waals surface area contributed by atoms with Gasteiger partial charge in [-0.15, -0.1) is 0 Å². The summed E-state index contributed by atoms with van der Waals surface area (Å²) in [6, 6.07) is 9.45. The molecule has 1 unspecified atom stereocenters. The second-order valence-corrected chi connectivity index (χ2v) is 7.92. The SMILES string of the molecule is Cc1ncc(-c2cc(NCC(C)[C@@H](C)c3cccc4c(C(N)=O)ccnc34)ncn2)cn1. The van der Waals surface area contributed by atoms with Gasteiger partial charge in [0.05, 0.1) is 16.8 Å². The number of aryl methyl sites for hydroxylation is 1. The minimum atomic E-state index is -0.449. The molecule has 0 radical (unpaired) electrons. The highest BCUT2D eigenvalue weighted by atomic mass is 16.1. The van der Waals surface area contributed by atoms with E-state index in [4.69, 9.17) is 5.73 Å². The number of hydrogen-bond acceptors (Lipinski definition) is 7. The lowest BCUT2D eigenvalue weighted by atomic mass is 9.87. The van der Waals surface area contributed by atoms with Gasteiger partial charge in [0.2, 0.25) is 5.91 Å². The first-order valence-corrected chi connectivity index (χ1v) is 10.5. The fraction of sp³-hybridized carbons (Fsp3) is 0.250. The molecular formula is C24H25N7O. The number of para-hydroxylation sites is 1. The Hall–Kier alpha value is -3.94. The lowest BCUT2D eigenvalue weighted by Crippen LogP contribution is -2.18. The fourth-order valence-corrected chi connectivity index (χ4v) is 3.67. The monoisotopic (exact) mass is 427 g/mol. The van der Waals surface area contributed by atoms with Crippen molar-refractivity contribution in [3.05, 3.63) is 72.2 Å². The Morgan fingerprint density at radius 2 is 1.84 bits per heavy atom. The molecule has 0 bridgehead atoms. The van der Waals surface area contributed by atoms with Crippen LogP contribution in [0.2, 0.25) is 0 Å². The van der Waals surface area contributed by atoms with Crippen LogP contribution >= 0.6 is 0 Å². The van der Waals surface area contributed by atoms with Gasteiger partial charge >= 0.3 is 0 Å². The van der Waals surface area contributed by atoms with Crippen LogP contribution < -0.4 is 11.1 Å². The number of carbonyl (C=O) groups is 1. The molecule has 0 saturated heterocycles. The first-order chi connectivity index (χ1) is 15.4. The normalized spacial score (nSPS) is 13.0. The highest BCUT2D eigenvalue weighted by Crippen LogP contribution is 2.31. The molecule has 0 aliphatic carbocycles. The van der Waals surface area contributed by atoms with Crippen molar-refractivity contribution in [1.29, 1.82) is 0 Å². The topological polar surface area (TPSA) is 120 Å². The van der Waals surface area contributed by atoms with Crippen LogP contribution in [-0.2, 0) is 0 Å². The minimum Gasteiger partial charge on any atom is -0.370 e. The smallest absolute Gasteiger partial charge is 0.249 e. The standard InChI is InChI=1S/C24H25N7O/c1-14(10-29-22-9-21(30-13-31-22)17-11-27-16(3)28-12-17)15(2)18-5-4-6-19-20(24(25)32)7-8-26-23(18)19/h4-9,11-15H,10H2,1-3H3,(H2,25,32)(H,29,30,31)/t14?,15-/m1/s1. The third kappa shape index (κ3) is 4.39. The number of pyridine rings is 1. The Labute approximate surface area is 186 Å². The molecule has 4 aromatic rings. The summed E-state index contributed by atoms with van der Waals surface area (Å²) in [6.45, 7) is 6.88. The fourth-order valence-electron chi connectivity index (χ4n) is 3.67. The third-order valence-electron chi connectivity index (χ3n) is 5.76. The lowest BCUT2D eigenvalue weighted by molar-refractivity contribution is 0.100. The molecule has 1 amide bonds. The molecule has 1 aromatic carbocycles. The quantitative estimate of drug-likeness (QED) is 0.461. The van der Waals surface area contributed by atoms with Gasteiger partial charge in [0, 0.05) is 42.2 Å². The van der Waals surface area contributed by atoms with Gasteiger partial charge in [-0.25, -0.2) is 19.9 Å². The number of nitrogens with zero attached hydrogens (tertiary/aromatic N) is 5. The van der Waals surface area contributed by atoms with Gasteiger partial charge in [-0.2, -0.15) is 0 Å². The highest BCUT2D eigenvalue weighted by molar-refractivity contribution is 6.05. The van der Waals surface area contributed by atoms with Gasteiger partial charge < -0.3 is 11.1 Å². The van der Waals surface area contributed by atoms with Crippen molar-refractivity contribution in [3.8, 4) is 11.3 Å². The van der Waals surface area contributed by atoms with Crippen molar-refractivity contribution in [2.75, 3.05) is 11.9 Å². The van der Waals surface area contributed by atoms with Crippen LogP contribution in [0.5, 0.6) is 0 Å². The van der Waals surface area contributed by atoms with Crippen molar-refractivity contribution in [2.24, 2.45) is 11.7 Å². The summed E-state index contributed by atoms with van der Waals surface area (Å²) >= 11 is 0. The highest BCUT2D eigenvalue weighted by Gasteiger charge is 2.19. The van der Waals surface area contributed by atoms with E-state index >= 15 is 0 Å². The molecule has 0 aliphatic rings. The molecule has 162 valence electrons. The third-order valence-corrected chi connectivity index (χ3v) is 5.76. The van der Waals surface area contributed by atoms with E-state index in [0.717, 1.165) is 39.4 Å². The number of aromatic nitrogens is 5. The van der Waals surface area contributed by atoms with Crippen molar-refractivity contribution in [3.63, 3.8) is 0 Å². The number of carbonyl (C=O) groups excluding carboxylic acids is 1. The van der Waals surface area contributed by atoms with Crippen molar-refractivity contribution < 1.29 is 4.79 Å². The average Bonchev–Trinajstić information content (AvgIpc) is 2.81. The van der Waals surface area contributed by atoms with E-state index in [2.05, 4.69) is 50.2 Å². The molecule has 0 aliphatic heterocycles. The van der Waals surface area contributed by atoms with Crippen LogP contribution in [0.25, 0.3) is 22.2 Å². The number of nitrogens with one attached hydrogen (secondary N) is 1. The zero-order valence-corrected chi connectivity index (χ0v) is 18.3. The second kappa shape index (κ2) is 9.05. The summed E-state index contributed by atoms with van der Waals surface area (Å²) < 4.78 is 0.